The molecule has 120 valence electrons. The van der Waals surface area contributed by atoms with Crippen LogP contribution in [0.4, 0.5) is 14.6 Å². The summed E-state index contributed by atoms with van der Waals surface area (Å²) >= 11 is 5.65. The molecule has 2 heterocycles. The molecule has 23 heavy (non-hydrogen) atoms. The van der Waals surface area contributed by atoms with Gasteiger partial charge >= 0.3 is 0 Å². The van der Waals surface area contributed by atoms with Crippen LogP contribution < -0.4 is 5.32 Å². The van der Waals surface area contributed by atoms with Crippen LogP contribution in [0.15, 0.2) is 36.5 Å². The lowest BCUT2D eigenvalue weighted by Crippen LogP contribution is -2.33. The lowest BCUT2D eigenvalue weighted by atomic mass is 10.2. The molecule has 1 aromatic heterocycles. The molecule has 1 saturated heterocycles. The van der Waals surface area contributed by atoms with Crippen molar-refractivity contribution in [1.29, 1.82) is 0 Å². The number of anilines is 1. The van der Waals surface area contributed by atoms with Crippen molar-refractivity contribution in [2.45, 2.75) is 19.0 Å². The molecule has 0 saturated carbocycles. The highest BCUT2D eigenvalue weighted by molar-refractivity contribution is 6.30. The zero-order chi connectivity index (χ0) is 16.4. The third kappa shape index (κ3) is 3.59. The van der Waals surface area contributed by atoms with E-state index >= 15 is 0 Å². The normalized spacial score (nSPS) is 17.6. The Morgan fingerprint density at radius 2 is 2.04 bits per heavy atom. The molecule has 4 nitrogen and oxygen atoms in total. The molecule has 0 spiro atoms. The standard InChI is InChI=1S/C16H14ClF2N3O/c17-11-7-13(19)15(20-8-11)21-14-5-6-22(16(14)23)9-10-1-3-12(18)4-2-10/h1-4,7-8,14H,5-6,9H2,(H,20,21). The van der Waals surface area contributed by atoms with E-state index in [1.54, 1.807) is 17.0 Å². The molecule has 7 heteroatoms. The average Bonchev–Trinajstić information content (AvgIpc) is 2.85. The highest BCUT2D eigenvalue weighted by atomic mass is 35.5. The molecule has 1 atom stereocenters. The molecule has 2 aromatic rings. The quantitative estimate of drug-likeness (QED) is 0.931. The summed E-state index contributed by atoms with van der Waals surface area (Å²) in [5.41, 5.74) is 0.844. The van der Waals surface area contributed by atoms with Crippen molar-refractivity contribution in [2.75, 3.05) is 11.9 Å². The number of halogens is 3. The molecule has 1 aliphatic rings. The number of nitrogens with one attached hydrogen (secondary N) is 1. The zero-order valence-electron chi connectivity index (χ0n) is 12.1. The van der Waals surface area contributed by atoms with Crippen LogP contribution >= 0.6 is 11.6 Å². The molecule has 0 bridgehead atoms. The fourth-order valence-corrected chi connectivity index (χ4v) is 2.67. The maximum atomic E-state index is 13.7. The van der Waals surface area contributed by atoms with E-state index in [0.29, 0.717) is 19.5 Å². The molecule has 1 unspecified atom stereocenters. The minimum absolute atomic E-state index is 0.0105. The lowest BCUT2D eigenvalue weighted by Gasteiger charge is -2.17. The number of nitrogens with zero attached hydrogens (tertiary/aromatic N) is 2. The number of aromatic nitrogens is 1. The predicted molar refractivity (Wildman–Crippen MR) is 83.0 cm³/mol. The number of carbonyl (C=O) groups is 1. The smallest absolute Gasteiger partial charge is 0.245 e. The maximum absolute atomic E-state index is 13.7. The van der Waals surface area contributed by atoms with E-state index in [4.69, 9.17) is 11.6 Å². The minimum atomic E-state index is -0.595. The van der Waals surface area contributed by atoms with Crippen LogP contribution in [0.1, 0.15) is 12.0 Å². The summed E-state index contributed by atoms with van der Waals surface area (Å²) in [7, 11) is 0. The number of hydrogen-bond donors (Lipinski definition) is 1. The fraction of sp³-hybridized carbons (Fsp3) is 0.250. The zero-order valence-corrected chi connectivity index (χ0v) is 12.9. The van der Waals surface area contributed by atoms with Gasteiger partial charge < -0.3 is 10.2 Å². The van der Waals surface area contributed by atoms with Crippen LogP contribution in [0.5, 0.6) is 0 Å². The van der Waals surface area contributed by atoms with E-state index in [9.17, 15) is 13.6 Å². The van der Waals surface area contributed by atoms with E-state index in [1.807, 2.05) is 0 Å². The van der Waals surface area contributed by atoms with Crippen molar-refractivity contribution >= 4 is 23.3 Å². The summed E-state index contributed by atoms with van der Waals surface area (Å²) < 4.78 is 26.6. The Morgan fingerprint density at radius 1 is 1.30 bits per heavy atom. The molecule has 1 aliphatic heterocycles. The minimum Gasteiger partial charge on any atom is -0.356 e. The van der Waals surface area contributed by atoms with Gasteiger partial charge in [-0.3, -0.25) is 4.79 Å². The molecular formula is C16H14ClF2N3O. The molecule has 3 rings (SSSR count). The van der Waals surface area contributed by atoms with Crippen molar-refractivity contribution in [1.82, 2.24) is 9.88 Å². The largest absolute Gasteiger partial charge is 0.356 e. The molecule has 0 radical (unpaired) electrons. The van der Waals surface area contributed by atoms with Gasteiger partial charge in [0, 0.05) is 19.3 Å². The van der Waals surface area contributed by atoms with Gasteiger partial charge in [-0.15, -0.1) is 0 Å². The molecular weight excluding hydrogens is 324 g/mol. The number of hydrogen-bond acceptors (Lipinski definition) is 3. The third-order valence-electron chi connectivity index (χ3n) is 3.70. The Morgan fingerprint density at radius 3 is 2.74 bits per heavy atom. The fourth-order valence-electron chi connectivity index (χ4n) is 2.53. The van der Waals surface area contributed by atoms with Crippen LogP contribution in [-0.4, -0.2) is 28.4 Å². The van der Waals surface area contributed by atoms with Gasteiger partial charge in [0.2, 0.25) is 5.91 Å². The van der Waals surface area contributed by atoms with Crippen LogP contribution in [0, 0.1) is 11.6 Å². The second kappa shape index (κ2) is 6.50. The van der Waals surface area contributed by atoms with E-state index in [-0.39, 0.29) is 22.6 Å². The van der Waals surface area contributed by atoms with Gasteiger partial charge in [-0.1, -0.05) is 23.7 Å². The van der Waals surface area contributed by atoms with Crippen molar-refractivity contribution in [2.24, 2.45) is 0 Å². The number of rotatable bonds is 4. The maximum Gasteiger partial charge on any atom is 0.245 e. The Kier molecular flexibility index (Phi) is 4.43. The number of pyridine rings is 1. The van der Waals surface area contributed by atoms with Crippen LogP contribution in [0.2, 0.25) is 5.02 Å². The Labute approximate surface area is 137 Å². The van der Waals surface area contributed by atoms with Crippen molar-refractivity contribution in [3.63, 3.8) is 0 Å². The van der Waals surface area contributed by atoms with Crippen LogP contribution in [0.3, 0.4) is 0 Å². The number of benzene rings is 1. The van der Waals surface area contributed by atoms with Gasteiger partial charge in [0.1, 0.15) is 11.9 Å². The summed E-state index contributed by atoms with van der Waals surface area (Å²) in [5.74, 6) is -1.03. The van der Waals surface area contributed by atoms with Crippen LogP contribution in [0.25, 0.3) is 0 Å². The monoisotopic (exact) mass is 337 g/mol. The first-order valence-electron chi connectivity index (χ1n) is 7.14. The molecule has 1 fully saturated rings. The second-order valence-corrected chi connectivity index (χ2v) is 5.79. The Hall–Kier alpha value is -2.21. The van der Waals surface area contributed by atoms with E-state index in [0.717, 1.165) is 11.6 Å². The van der Waals surface area contributed by atoms with Crippen molar-refractivity contribution in [3.05, 3.63) is 58.7 Å². The molecule has 0 aliphatic carbocycles. The molecule has 1 N–H and O–H groups in total. The van der Waals surface area contributed by atoms with Gasteiger partial charge in [0.25, 0.3) is 0 Å². The third-order valence-corrected chi connectivity index (χ3v) is 3.91. The average molecular weight is 338 g/mol. The van der Waals surface area contributed by atoms with E-state index in [1.165, 1.54) is 18.3 Å². The summed E-state index contributed by atoms with van der Waals surface area (Å²) in [6.45, 7) is 0.941. The predicted octanol–water partition coefficient (Wildman–Crippen LogP) is 3.23. The van der Waals surface area contributed by atoms with Crippen LogP contribution in [-0.2, 0) is 11.3 Å². The van der Waals surface area contributed by atoms with E-state index < -0.39 is 11.9 Å². The SMILES string of the molecule is O=C1C(Nc2ncc(Cl)cc2F)CCN1Cc1ccc(F)cc1. The van der Waals surface area contributed by atoms with Crippen molar-refractivity contribution in [3.8, 4) is 0 Å². The second-order valence-electron chi connectivity index (χ2n) is 5.36. The van der Waals surface area contributed by atoms with Gasteiger partial charge in [-0.25, -0.2) is 13.8 Å². The Balaban J connectivity index is 1.65. The number of carbonyl (C=O) groups excluding carboxylic acids is 1. The molecule has 1 amide bonds. The first-order chi connectivity index (χ1) is 11.0. The molecule has 1 aromatic carbocycles. The number of likely N-dealkylation sites (tertiary alicyclic amines) is 1. The summed E-state index contributed by atoms with van der Waals surface area (Å²) in [6.07, 6.45) is 1.87. The van der Waals surface area contributed by atoms with E-state index in [2.05, 4.69) is 10.3 Å². The highest BCUT2D eigenvalue weighted by Gasteiger charge is 2.32. The summed E-state index contributed by atoms with van der Waals surface area (Å²) in [4.78, 5) is 17.9. The summed E-state index contributed by atoms with van der Waals surface area (Å²) in [5, 5.41) is 3.01. The van der Waals surface area contributed by atoms with Gasteiger partial charge in [0.15, 0.2) is 11.6 Å². The first kappa shape index (κ1) is 15.7. The Bertz CT molecular complexity index is 724. The van der Waals surface area contributed by atoms with Gasteiger partial charge in [-0.2, -0.15) is 0 Å². The van der Waals surface area contributed by atoms with Crippen molar-refractivity contribution < 1.29 is 13.6 Å². The first-order valence-corrected chi connectivity index (χ1v) is 7.51. The topological polar surface area (TPSA) is 45.2 Å². The highest BCUT2D eigenvalue weighted by Crippen LogP contribution is 2.21. The summed E-state index contributed by atoms with van der Waals surface area (Å²) in [6, 6.07) is 6.62. The number of amides is 1. The van der Waals surface area contributed by atoms with Gasteiger partial charge in [-0.05, 0) is 30.2 Å². The van der Waals surface area contributed by atoms with Gasteiger partial charge in [0.05, 0.1) is 5.02 Å². The lowest BCUT2D eigenvalue weighted by molar-refractivity contribution is -0.128.